The van der Waals surface area contributed by atoms with Crippen molar-refractivity contribution in [3.8, 4) is 0 Å². The van der Waals surface area contributed by atoms with E-state index in [2.05, 4.69) is 0 Å². The summed E-state index contributed by atoms with van der Waals surface area (Å²) in [6, 6.07) is 0. The molecule has 1 aliphatic carbocycles. The number of aliphatic hydroxyl groups is 1. The van der Waals surface area contributed by atoms with Gasteiger partial charge in [-0.1, -0.05) is 12.2 Å². The molecule has 0 saturated carbocycles. The summed E-state index contributed by atoms with van der Waals surface area (Å²) in [5.74, 6) is 1.18. The molecule has 0 atom stereocenters. The van der Waals surface area contributed by atoms with Gasteiger partial charge in [-0.3, -0.25) is 0 Å². The van der Waals surface area contributed by atoms with Crippen LogP contribution in [0.5, 0.6) is 0 Å². The molecule has 0 radical (unpaired) electrons. The van der Waals surface area contributed by atoms with Gasteiger partial charge in [0.2, 0.25) is 0 Å². The van der Waals surface area contributed by atoms with E-state index in [-0.39, 0.29) is 0 Å². The maximum atomic E-state index is 9.19. The van der Waals surface area contributed by atoms with E-state index in [9.17, 15) is 5.11 Å². The van der Waals surface area contributed by atoms with E-state index in [4.69, 9.17) is 4.74 Å². The van der Waals surface area contributed by atoms with E-state index in [1.54, 1.807) is 0 Å². The number of hydrogen-bond donors (Lipinski definition) is 1. The Morgan fingerprint density at radius 3 is 3.20 bits per heavy atom. The fourth-order valence-electron chi connectivity index (χ4n) is 1.15. The number of fused-ring (bicyclic) bond motifs is 1. The lowest BCUT2D eigenvalue weighted by Crippen LogP contribution is -1.87. The van der Waals surface area contributed by atoms with Crippen LogP contribution in [0.2, 0.25) is 0 Å². The topological polar surface area (TPSA) is 29.5 Å². The summed E-state index contributed by atoms with van der Waals surface area (Å²) < 4.78 is 5.15. The van der Waals surface area contributed by atoms with Crippen molar-refractivity contribution in [1.29, 1.82) is 0 Å². The Balaban J connectivity index is 2.44. The molecule has 0 fully saturated rings. The summed E-state index contributed by atoms with van der Waals surface area (Å²) in [4.78, 5) is 0. The van der Waals surface area contributed by atoms with Crippen LogP contribution in [0.3, 0.4) is 0 Å². The fourth-order valence-corrected chi connectivity index (χ4v) is 1.15. The molecule has 2 heteroatoms. The zero-order valence-electron chi connectivity index (χ0n) is 5.50. The molecule has 0 spiro atoms. The van der Waals surface area contributed by atoms with Crippen molar-refractivity contribution in [2.24, 2.45) is 0 Å². The molecule has 0 aromatic rings. The average Bonchev–Trinajstić information content (AvgIpc) is 2.34. The van der Waals surface area contributed by atoms with Gasteiger partial charge < -0.3 is 9.84 Å². The molecule has 0 aromatic heterocycles. The molecule has 1 N–H and O–H groups in total. The molecule has 0 unspecified atom stereocenters. The number of rotatable bonds is 0. The Labute approximate surface area is 59.1 Å². The van der Waals surface area contributed by atoms with Crippen LogP contribution in [-0.4, -0.2) is 11.7 Å². The van der Waals surface area contributed by atoms with Crippen molar-refractivity contribution in [1.82, 2.24) is 0 Å². The van der Waals surface area contributed by atoms with Crippen molar-refractivity contribution >= 4 is 0 Å². The minimum absolute atomic E-state index is 0.339. The first-order valence-electron chi connectivity index (χ1n) is 3.30. The molecular formula is C8H8O2. The number of ether oxygens (including phenoxy) is 1. The normalized spacial score (nSPS) is 22.2. The lowest BCUT2D eigenvalue weighted by Gasteiger charge is -2.02. The van der Waals surface area contributed by atoms with Crippen molar-refractivity contribution in [3.63, 3.8) is 0 Å². The maximum absolute atomic E-state index is 9.19. The Morgan fingerprint density at radius 2 is 2.40 bits per heavy atom. The molecule has 10 heavy (non-hydrogen) atoms. The Kier molecular flexibility index (Phi) is 1.07. The van der Waals surface area contributed by atoms with Crippen LogP contribution in [0.1, 0.15) is 6.42 Å². The maximum Gasteiger partial charge on any atom is 0.146 e. The molecule has 2 rings (SSSR count). The van der Waals surface area contributed by atoms with Crippen LogP contribution in [-0.2, 0) is 4.74 Å². The van der Waals surface area contributed by atoms with Crippen molar-refractivity contribution in [2.75, 3.05) is 6.61 Å². The van der Waals surface area contributed by atoms with Gasteiger partial charge >= 0.3 is 0 Å². The summed E-state index contributed by atoms with van der Waals surface area (Å²) in [6.07, 6.45) is 6.78. The smallest absolute Gasteiger partial charge is 0.146 e. The Bertz CT molecular complexity index is 246. The van der Waals surface area contributed by atoms with Crippen LogP contribution in [0, 0.1) is 0 Å². The summed E-state index contributed by atoms with van der Waals surface area (Å²) in [7, 11) is 0. The second kappa shape index (κ2) is 1.90. The van der Waals surface area contributed by atoms with Crippen molar-refractivity contribution in [3.05, 3.63) is 35.3 Å². The number of aliphatic hydroxyl groups excluding tert-OH is 1. The van der Waals surface area contributed by atoms with Gasteiger partial charge in [-0.05, 0) is 12.5 Å². The zero-order valence-corrected chi connectivity index (χ0v) is 5.50. The van der Waals surface area contributed by atoms with Gasteiger partial charge in [0.25, 0.3) is 0 Å². The monoisotopic (exact) mass is 136 g/mol. The van der Waals surface area contributed by atoms with E-state index in [0.717, 1.165) is 17.8 Å². The minimum atomic E-state index is 0.339. The summed E-state index contributed by atoms with van der Waals surface area (Å²) in [6.45, 7) is 0.339. The quantitative estimate of drug-likeness (QED) is 0.549. The lowest BCUT2D eigenvalue weighted by molar-refractivity contribution is 0.231. The highest BCUT2D eigenvalue weighted by Crippen LogP contribution is 2.27. The third-order valence-corrected chi connectivity index (χ3v) is 1.66. The molecule has 0 aromatic carbocycles. The predicted octanol–water partition coefficient (Wildman–Crippen LogP) is 1.67. The molecule has 2 aliphatic rings. The van der Waals surface area contributed by atoms with Crippen molar-refractivity contribution < 1.29 is 9.84 Å². The molecule has 0 bridgehead atoms. The fraction of sp³-hybridized carbons (Fsp3) is 0.250. The highest BCUT2D eigenvalue weighted by molar-refractivity contribution is 5.44. The highest BCUT2D eigenvalue weighted by Gasteiger charge is 2.19. The predicted molar refractivity (Wildman–Crippen MR) is 37.4 cm³/mol. The molecule has 1 aliphatic heterocycles. The van der Waals surface area contributed by atoms with Gasteiger partial charge in [-0.25, -0.2) is 0 Å². The van der Waals surface area contributed by atoms with Gasteiger partial charge in [0.05, 0.1) is 5.57 Å². The first-order chi connectivity index (χ1) is 4.88. The molecule has 1 heterocycles. The summed E-state index contributed by atoms with van der Waals surface area (Å²) >= 11 is 0. The Hall–Kier alpha value is -1.18. The lowest BCUT2D eigenvalue weighted by atomic mass is 10.1. The van der Waals surface area contributed by atoms with Gasteiger partial charge in [-0.2, -0.15) is 0 Å². The van der Waals surface area contributed by atoms with Crippen LogP contribution < -0.4 is 0 Å². The largest absolute Gasteiger partial charge is 0.508 e. The Morgan fingerprint density at radius 1 is 1.50 bits per heavy atom. The van der Waals surface area contributed by atoms with Crippen molar-refractivity contribution in [2.45, 2.75) is 6.42 Å². The van der Waals surface area contributed by atoms with Gasteiger partial charge in [0, 0.05) is 0 Å². The number of allylic oxidation sites excluding steroid dienone is 3. The van der Waals surface area contributed by atoms with E-state index < -0.39 is 0 Å². The van der Waals surface area contributed by atoms with E-state index in [1.165, 1.54) is 0 Å². The second-order valence-corrected chi connectivity index (χ2v) is 2.36. The van der Waals surface area contributed by atoms with Gasteiger partial charge in [0.1, 0.15) is 18.1 Å². The highest BCUT2D eigenvalue weighted by atomic mass is 16.5. The second-order valence-electron chi connectivity index (χ2n) is 2.36. The minimum Gasteiger partial charge on any atom is -0.508 e. The molecule has 0 amide bonds. The van der Waals surface area contributed by atoms with Crippen LogP contribution in [0.4, 0.5) is 0 Å². The molecular weight excluding hydrogens is 128 g/mol. The van der Waals surface area contributed by atoms with Gasteiger partial charge in [-0.15, -0.1) is 0 Å². The standard InChI is InChI=1S/C8H8O2/c9-7-5-10-8-4-2-1-3-6(7)8/h1,3-4,9H,2,5H2. The average molecular weight is 136 g/mol. The first-order valence-corrected chi connectivity index (χ1v) is 3.30. The van der Waals surface area contributed by atoms with Gasteiger partial charge in [0.15, 0.2) is 0 Å². The molecule has 2 nitrogen and oxygen atoms in total. The SMILES string of the molecule is OC1=C2C=CCC=C2OC1. The first kappa shape index (κ1) is 5.59. The van der Waals surface area contributed by atoms with E-state index >= 15 is 0 Å². The summed E-state index contributed by atoms with van der Waals surface area (Å²) in [5.41, 5.74) is 0.853. The molecule has 0 saturated heterocycles. The summed E-state index contributed by atoms with van der Waals surface area (Å²) in [5, 5.41) is 9.19. The third-order valence-electron chi connectivity index (χ3n) is 1.66. The molecule has 52 valence electrons. The third kappa shape index (κ3) is 0.652. The van der Waals surface area contributed by atoms with Crippen LogP contribution >= 0.6 is 0 Å². The van der Waals surface area contributed by atoms with E-state index in [1.807, 2.05) is 18.2 Å². The number of hydrogen-bond acceptors (Lipinski definition) is 2. The van der Waals surface area contributed by atoms with E-state index in [0.29, 0.717) is 12.4 Å². The van der Waals surface area contributed by atoms with Crippen LogP contribution in [0.25, 0.3) is 0 Å². The zero-order chi connectivity index (χ0) is 6.97. The van der Waals surface area contributed by atoms with Crippen LogP contribution in [0.15, 0.2) is 35.3 Å².